The van der Waals surface area contributed by atoms with E-state index in [0.717, 1.165) is 16.9 Å². The third-order valence-electron chi connectivity index (χ3n) is 4.60. The number of ether oxygens (including phenoxy) is 1. The molecular weight excluding hydrogens is 341 g/mol. The second-order valence-electron chi connectivity index (χ2n) is 6.39. The molecule has 0 unspecified atom stereocenters. The van der Waals surface area contributed by atoms with Crippen molar-refractivity contribution in [2.45, 2.75) is 19.4 Å². The third-order valence-corrected chi connectivity index (χ3v) is 4.60. The van der Waals surface area contributed by atoms with Crippen LogP contribution in [0, 0.1) is 5.82 Å². The van der Waals surface area contributed by atoms with Gasteiger partial charge in [-0.1, -0.05) is 54.6 Å². The van der Waals surface area contributed by atoms with Gasteiger partial charge >= 0.3 is 0 Å². The van der Waals surface area contributed by atoms with Gasteiger partial charge in [0.1, 0.15) is 11.6 Å². The molecule has 27 heavy (non-hydrogen) atoms. The molecule has 0 saturated heterocycles. The van der Waals surface area contributed by atoms with Crippen molar-refractivity contribution in [3.63, 3.8) is 0 Å². The van der Waals surface area contributed by atoms with Crippen LogP contribution in [0.3, 0.4) is 0 Å². The number of carbonyl (C=O) groups excluding carboxylic acids is 1. The van der Waals surface area contributed by atoms with E-state index in [1.165, 1.54) is 6.07 Å². The van der Waals surface area contributed by atoms with E-state index in [-0.39, 0.29) is 11.7 Å². The van der Waals surface area contributed by atoms with Crippen molar-refractivity contribution >= 4 is 5.91 Å². The lowest BCUT2D eigenvalue weighted by molar-refractivity contribution is -0.122. The number of rotatable bonds is 6. The highest BCUT2D eigenvalue weighted by molar-refractivity contribution is 5.83. The van der Waals surface area contributed by atoms with E-state index in [1.54, 1.807) is 20.1 Å². The Hall–Kier alpha value is -3.14. The summed E-state index contributed by atoms with van der Waals surface area (Å²) in [4.78, 5) is 12.4. The highest BCUT2D eigenvalue weighted by Gasteiger charge is 2.17. The second kappa shape index (κ2) is 8.49. The second-order valence-corrected chi connectivity index (χ2v) is 6.39. The summed E-state index contributed by atoms with van der Waals surface area (Å²) in [6, 6.07) is 21.9. The molecule has 1 N–H and O–H groups in total. The Kier molecular flexibility index (Phi) is 5.87. The fourth-order valence-corrected chi connectivity index (χ4v) is 2.89. The van der Waals surface area contributed by atoms with Crippen LogP contribution in [0.25, 0.3) is 11.1 Å². The van der Waals surface area contributed by atoms with Gasteiger partial charge < -0.3 is 10.1 Å². The molecule has 0 bridgehead atoms. The van der Waals surface area contributed by atoms with Crippen LogP contribution in [0.2, 0.25) is 0 Å². The van der Waals surface area contributed by atoms with E-state index in [1.807, 2.05) is 60.7 Å². The van der Waals surface area contributed by atoms with Gasteiger partial charge in [0, 0.05) is 12.1 Å². The Bertz CT molecular complexity index is 907. The molecule has 0 heterocycles. The molecule has 1 atom stereocenters. The van der Waals surface area contributed by atoms with Crippen molar-refractivity contribution in [2.75, 3.05) is 7.11 Å². The number of hydrogen-bond donors (Lipinski definition) is 1. The van der Waals surface area contributed by atoms with Crippen molar-refractivity contribution in [1.82, 2.24) is 5.32 Å². The maximum Gasteiger partial charge on any atom is 0.227 e. The summed E-state index contributed by atoms with van der Waals surface area (Å²) in [5, 5.41) is 2.90. The van der Waals surface area contributed by atoms with Crippen LogP contribution < -0.4 is 10.1 Å². The molecule has 3 nitrogen and oxygen atoms in total. The SMILES string of the molecule is COc1ccc(CNC(=O)[C@H](C)c2ccc(-c3ccccc3)c(F)c2)cc1. The van der Waals surface area contributed by atoms with Gasteiger partial charge in [0.15, 0.2) is 0 Å². The molecule has 0 aliphatic carbocycles. The van der Waals surface area contributed by atoms with Crippen molar-refractivity contribution in [3.05, 3.63) is 89.7 Å². The standard InChI is InChI=1S/C23H22FNO2/c1-16(23(26)25-15-17-8-11-20(27-2)12-9-17)19-10-13-21(22(24)14-19)18-6-4-3-5-7-18/h3-14,16H,15H2,1-2H3,(H,25,26)/t16-/m1/s1. The van der Waals surface area contributed by atoms with Crippen molar-refractivity contribution in [3.8, 4) is 16.9 Å². The van der Waals surface area contributed by atoms with Crippen LogP contribution in [0.15, 0.2) is 72.8 Å². The molecule has 0 fully saturated rings. The van der Waals surface area contributed by atoms with Crippen molar-refractivity contribution in [1.29, 1.82) is 0 Å². The first-order valence-electron chi connectivity index (χ1n) is 8.84. The summed E-state index contributed by atoms with van der Waals surface area (Å²) >= 11 is 0. The number of hydrogen-bond acceptors (Lipinski definition) is 2. The largest absolute Gasteiger partial charge is 0.497 e. The minimum atomic E-state index is -0.442. The smallest absolute Gasteiger partial charge is 0.227 e. The van der Waals surface area contributed by atoms with E-state index >= 15 is 0 Å². The van der Waals surface area contributed by atoms with E-state index in [0.29, 0.717) is 17.7 Å². The average Bonchev–Trinajstić information content (AvgIpc) is 2.72. The number of benzene rings is 3. The zero-order valence-electron chi connectivity index (χ0n) is 15.4. The molecule has 138 valence electrons. The number of halogens is 1. The zero-order valence-corrected chi connectivity index (χ0v) is 15.4. The summed E-state index contributed by atoms with van der Waals surface area (Å²) in [6.45, 7) is 2.19. The van der Waals surface area contributed by atoms with Gasteiger partial charge in [0.05, 0.1) is 13.0 Å². The van der Waals surface area contributed by atoms with Crippen LogP contribution in [0.4, 0.5) is 4.39 Å². The summed E-state index contributed by atoms with van der Waals surface area (Å²) in [5.41, 5.74) is 2.98. The summed E-state index contributed by atoms with van der Waals surface area (Å²) in [7, 11) is 1.61. The van der Waals surface area contributed by atoms with Gasteiger partial charge in [-0.3, -0.25) is 4.79 Å². The molecule has 0 aromatic heterocycles. The fourth-order valence-electron chi connectivity index (χ4n) is 2.89. The zero-order chi connectivity index (χ0) is 19.2. The average molecular weight is 363 g/mol. The fraction of sp³-hybridized carbons (Fsp3) is 0.174. The van der Waals surface area contributed by atoms with E-state index in [2.05, 4.69) is 5.32 Å². The minimum Gasteiger partial charge on any atom is -0.497 e. The van der Waals surface area contributed by atoms with Crippen molar-refractivity contribution < 1.29 is 13.9 Å². The quantitative estimate of drug-likeness (QED) is 0.675. The van der Waals surface area contributed by atoms with Gasteiger partial charge in [-0.25, -0.2) is 4.39 Å². The molecule has 4 heteroatoms. The van der Waals surface area contributed by atoms with Gasteiger partial charge in [0.25, 0.3) is 0 Å². The third kappa shape index (κ3) is 4.53. The molecule has 0 saturated carbocycles. The Morgan fingerprint density at radius 3 is 2.37 bits per heavy atom. The number of methoxy groups -OCH3 is 1. The topological polar surface area (TPSA) is 38.3 Å². The first-order valence-corrected chi connectivity index (χ1v) is 8.84. The summed E-state index contributed by atoms with van der Waals surface area (Å²) in [6.07, 6.45) is 0. The Morgan fingerprint density at radius 1 is 1.04 bits per heavy atom. The van der Waals surface area contributed by atoms with Crippen LogP contribution in [-0.2, 0) is 11.3 Å². The van der Waals surface area contributed by atoms with Crippen LogP contribution >= 0.6 is 0 Å². The van der Waals surface area contributed by atoms with Gasteiger partial charge in [-0.15, -0.1) is 0 Å². The van der Waals surface area contributed by atoms with Crippen LogP contribution in [-0.4, -0.2) is 13.0 Å². The van der Waals surface area contributed by atoms with E-state index in [9.17, 15) is 9.18 Å². The molecule has 1 amide bonds. The lowest BCUT2D eigenvalue weighted by Gasteiger charge is -2.14. The molecule has 0 aliphatic heterocycles. The monoisotopic (exact) mass is 363 g/mol. The predicted octanol–water partition coefficient (Wildman–Crippen LogP) is 4.92. The first-order chi connectivity index (χ1) is 13.1. The van der Waals surface area contributed by atoms with Crippen LogP contribution in [0.1, 0.15) is 24.0 Å². The Morgan fingerprint density at radius 2 is 1.74 bits per heavy atom. The lowest BCUT2D eigenvalue weighted by atomic mass is 9.96. The van der Waals surface area contributed by atoms with Crippen molar-refractivity contribution in [2.24, 2.45) is 0 Å². The minimum absolute atomic E-state index is 0.141. The maximum atomic E-state index is 14.5. The summed E-state index contributed by atoms with van der Waals surface area (Å²) in [5.74, 6) is -0.138. The van der Waals surface area contributed by atoms with E-state index < -0.39 is 5.92 Å². The van der Waals surface area contributed by atoms with Gasteiger partial charge in [0.2, 0.25) is 5.91 Å². The molecule has 0 radical (unpaired) electrons. The predicted molar refractivity (Wildman–Crippen MR) is 105 cm³/mol. The molecular formula is C23H22FNO2. The lowest BCUT2D eigenvalue weighted by Crippen LogP contribution is -2.27. The number of carbonyl (C=O) groups is 1. The van der Waals surface area contributed by atoms with E-state index in [4.69, 9.17) is 4.74 Å². The van der Waals surface area contributed by atoms with Gasteiger partial charge in [-0.05, 0) is 41.8 Å². The maximum absolute atomic E-state index is 14.5. The molecule has 3 aromatic rings. The number of amides is 1. The normalized spacial score (nSPS) is 11.7. The summed E-state index contributed by atoms with van der Waals surface area (Å²) < 4.78 is 19.7. The molecule has 0 spiro atoms. The Balaban J connectivity index is 1.66. The van der Waals surface area contributed by atoms with Crippen LogP contribution in [0.5, 0.6) is 5.75 Å². The molecule has 3 aromatic carbocycles. The molecule has 3 rings (SSSR count). The Labute approximate surface area is 158 Å². The highest BCUT2D eigenvalue weighted by Crippen LogP contribution is 2.26. The van der Waals surface area contributed by atoms with Gasteiger partial charge in [-0.2, -0.15) is 0 Å². The molecule has 0 aliphatic rings. The highest BCUT2D eigenvalue weighted by atomic mass is 19.1. The number of nitrogens with one attached hydrogen (secondary N) is 1. The first kappa shape index (κ1) is 18.6.